The van der Waals surface area contributed by atoms with Gasteiger partial charge in [0.25, 0.3) is 0 Å². The van der Waals surface area contributed by atoms with Crippen LogP contribution in [0.3, 0.4) is 0 Å². The monoisotopic (exact) mass is 890 g/mol. The van der Waals surface area contributed by atoms with Crippen molar-refractivity contribution in [2.75, 3.05) is 40.3 Å². The van der Waals surface area contributed by atoms with Gasteiger partial charge in [0.1, 0.15) is 24.4 Å². The standard InChI is InChI=1S/C47H68Cl2N2O10/c1-10-29-12-11-13-37(61-39-15-14-36(50(5)6)24(3)57-39)23(2)43(53)35-21-32-31-19-30(60-47-46(56-9)45(55-8)44(54-7)25(4)58-47)20-34(31)41-42(40(32)33(35)22-38(52)59-29)51(41)28-17-26(48)16-27(49)18-28/h16-18,21,23-25,29-34,36-37,39-42,44-47H,10-15,19-20,22H2,1-9H3/t23-,24?,25?,29+,30+,31+,32+,33-,34-,36+,37+,39+,40-,41+,42-,44+,45?,46+,47+,51?/m1/s1. The van der Waals surface area contributed by atoms with Gasteiger partial charge in [-0.25, -0.2) is 0 Å². The van der Waals surface area contributed by atoms with Crippen LogP contribution < -0.4 is 4.90 Å². The SMILES string of the molecule is CC[C@H]1CCC[C@H](O[C@H]2CC[C@H](N(C)C)C(C)O2)[C@@H](C)C(=O)C2=C[C@H]3[C@@H]4C[C@H](O[C@@H]5OC(C)[C@H](OC)C(OC)[C@@H]5OC)C[C@H]4[C@H]4[C@@H]([C@H]3[C@@H]2CC(=O)O1)N4c1cc(Cl)cc(Cl)c1. The Morgan fingerprint density at radius 3 is 2.18 bits per heavy atom. The molecular formula is C47H68Cl2N2O10. The number of carbonyl (C=O) groups excluding carboxylic acids is 2. The van der Waals surface area contributed by atoms with Crippen LogP contribution in [-0.2, 0) is 47.5 Å². The zero-order valence-electron chi connectivity index (χ0n) is 37.4. The van der Waals surface area contributed by atoms with E-state index in [9.17, 15) is 4.79 Å². The summed E-state index contributed by atoms with van der Waals surface area (Å²) in [4.78, 5) is 33.9. The number of halogens is 2. The molecule has 2 saturated carbocycles. The number of fused-ring (bicyclic) bond motifs is 8. The third-order valence-electron chi connectivity index (χ3n) is 15.6. The second-order valence-corrected chi connectivity index (χ2v) is 20.0. The zero-order valence-corrected chi connectivity index (χ0v) is 38.9. The van der Waals surface area contributed by atoms with Crippen LogP contribution >= 0.6 is 23.2 Å². The molecule has 0 bridgehead atoms. The van der Waals surface area contributed by atoms with Gasteiger partial charge in [0.2, 0.25) is 0 Å². The lowest BCUT2D eigenvalue weighted by Crippen LogP contribution is -2.59. The lowest BCUT2D eigenvalue weighted by molar-refractivity contribution is -0.314. The van der Waals surface area contributed by atoms with E-state index in [-0.39, 0.29) is 109 Å². The van der Waals surface area contributed by atoms with Crippen LogP contribution in [0.5, 0.6) is 0 Å². The van der Waals surface area contributed by atoms with E-state index < -0.39 is 18.3 Å². The fourth-order valence-electron chi connectivity index (χ4n) is 12.7. The molecule has 12 nitrogen and oxygen atoms in total. The number of esters is 1. The van der Waals surface area contributed by atoms with Crippen molar-refractivity contribution in [3.8, 4) is 0 Å². The molecule has 0 aromatic heterocycles. The summed E-state index contributed by atoms with van der Waals surface area (Å²) in [7, 11) is 9.15. The van der Waals surface area contributed by atoms with Crippen LogP contribution in [0, 0.1) is 35.5 Å². The Hall–Kier alpha value is -1.84. The number of allylic oxidation sites excluding steroid dienone is 2. The number of methoxy groups -OCH3 is 3. The minimum atomic E-state index is -0.655. The molecule has 7 aliphatic rings. The van der Waals surface area contributed by atoms with E-state index in [1.54, 1.807) is 27.4 Å². The van der Waals surface area contributed by atoms with Gasteiger partial charge in [0, 0.05) is 54.9 Å². The molecule has 3 aliphatic carbocycles. The van der Waals surface area contributed by atoms with Crippen molar-refractivity contribution >= 4 is 40.6 Å². The topological polar surface area (TPSA) is 114 Å². The van der Waals surface area contributed by atoms with E-state index in [1.807, 2.05) is 26.0 Å². The van der Waals surface area contributed by atoms with Gasteiger partial charge in [-0.15, -0.1) is 0 Å². The van der Waals surface area contributed by atoms with Crippen LogP contribution in [-0.4, -0.2) is 132 Å². The summed E-state index contributed by atoms with van der Waals surface area (Å²) in [6, 6.07) is 6.24. The zero-order chi connectivity index (χ0) is 43.4. The van der Waals surface area contributed by atoms with Crippen molar-refractivity contribution in [2.45, 2.75) is 165 Å². The van der Waals surface area contributed by atoms with E-state index in [1.165, 1.54) is 0 Å². The Balaban J connectivity index is 1.12. The lowest BCUT2D eigenvalue weighted by Gasteiger charge is -2.44. The number of cyclic esters (lactones) is 1. The molecule has 0 amide bonds. The normalized spacial score (nSPS) is 44.0. The number of rotatable bonds is 10. The van der Waals surface area contributed by atoms with E-state index in [4.69, 9.17) is 61.1 Å². The highest BCUT2D eigenvalue weighted by Crippen LogP contribution is 2.65. The number of likely N-dealkylation sites (N-methyl/N-ethyl adjacent to an activating group) is 1. The number of hydrogen-bond donors (Lipinski definition) is 0. The Morgan fingerprint density at radius 1 is 0.820 bits per heavy atom. The number of hydrogen-bond acceptors (Lipinski definition) is 12. The van der Waals surface area contributed by atoms with Gasteiger partial charge in [-0.2, -0.15) is 0 Å². The number of carbonyl (C=O) groups is 2. The number of anilines is 1. The number of ether oxygens (including phenoxy) is 8. The first-order chi connectivity index (χ1) is 29.3. The van der Waals surface area contributed by atoms with Gasteiger partial charge in [0.15, 0.2) is 18.4 Å². The highest BCUT2D eigenvalue weighted by Gasteiger charge is 2.69. The van der Waals surface area contributed by atoms with Crippen molar-refractivity contribution in [2.24, 2.45) is 35.5 Å². The number of Topliss-reactive ketones (excluding diaryl/α,β-unsaturated/α-hetero) is 1. The first kappa shape index (κ1) is 45.7. The van der Waals surface area contributed by atoms with Gasteiger partial charge in [-0.05, 0) is 127 Å². The van der Waals surface area contributed by atoms with Crippen molar-refractivity contribution in [3.63, 3.8) is 0 Å². The van der Waals surface area contributed by atoms with Gasteiger partial charge < -0.3 is 47.7 Å². The third-order valence-corrected chi connectivity index (χ3v) is 16.0. The average molecular weight is 892 g/mol. The van der Waals surface area contributed by atoms with Crippen molar-refractivity contribution < 1.29 is 47.5 Å². The minimum absolute atomic E-state index is 0.00709. The summed E-state index contributed by atoms with van der Waals surface area (Å²) in [6.07, 6.45) is 5.44. The van der Waals surface area contributed by atoms with Crippen LogP contribution in [0.1, 0.15) is 85.5 Å². The van der Waals surface area contributed by atoms with Gasteiger partial charge in [-0.3, -0.25) is 9.59 Å². The van der Waals surface area contributed by atoms with Crippen LogP contribution in [0.2, 0.25) is 10.0 Å². The summed E-state index contributed by atoms with van der Waals surface area (Å²) >= 11 is 13.3. The minimum Gasteiger partial charge on any atom is -0.462 e. The molecule has 4 heterocycles. The summed E-state index contributed by atoms with van der Waals surface area (Å²) in [6.45, 7) is 8.17. The van der Waals surface area contributed by atoms with Crippen molar-refractivity contribution in [1.29, 1.82) is 0 Å². The molecule has 0 N–H and O–H groups in total. The average Bonchev–Trinajstić information content (AvgIpc) is 3.63. The summed E-state index contributed by atoms with van der Waals surface area (Å²) in [5.41, 5.74) is 1.69. The largest absolute Gasteiger partial charge is 0.462 e. The molecule has 19 atom stereocenters. The molecule has 14 heteroatoms. The maximum absolute atomic E-state index is 15.2. The summed E-state index contributed by atoms with van der Waals surface area (Å²) < 4.78 is 50.5. The molecule has 3 unspecified atom stereocenters. The van der Waals surface area contributed by atoms with E-state index in [0.29, 0.717) is 22.5 Å². The van der Waals surface area contributed by atoms with Crippen LogP contribution in [0.15, 0.2) is 29.8 Å². The highest BCUT2D eigenvalue weighted by molar-refractivity contribution is 6.35. The van der Waals surface area contributed by atoms with Gasteiger partial charge in [0.05, 0.1) is 42.9 Å². The maximum Gasteiger partial charge on any atom is 0.306 e. The van der Waals surface area contributed by atoms with E-state index in [2.05, 4.69) is 43.8 Å². The molecule has 6 fully saturated rings. The highest BCUT2D eigenvalue weighted by atomic mass is 35.5. The molecule has 4 aliphatic heterocycles. The number of benzene rings is 1. The van der Waals surface area contributed by atoms with E-state index in [0.717, 1.165) is 56.2 Å². The Bertz CT molecular complexity index is 1750. The predicted molar refractivity (Wildman–Crippen MR) is 232 cm³/mol. The molecule has 61 heavy (non-hydrogen) atoms. The number of nitrogens with zero attached hydrogens (tertiary/aromatic N) is 2. The second-order valence-electron chi connectivity index (χ2n) is 19.1. The summed E-state index contributed by atoms with van der Waals surface area (Å²) in [5, 5.41) is 1.13. The Labute approximate surface area is 372 Å². The maximum atomic E-state index is 15.2. The molecular weight excluding hydrogens is 823 g/mol. The predicted octanol–water partition coefficient (Wildman–Crippen LogP) is 7.50. The van der Waals surface area contributed by atoms with Crippen LogP contribution in [0.4, 0.5) is 5.69 Å². The lowest BCUT2D eigenvalue weighted by atomic mass is 9.66. The fourth-order valence-corrected chi connectivity index (χ4v) is 13.2. The van der Waals surface area contributed by atoms with Gasteiger partial charge in [-0.1, -0.05) is 43.1 Å². The Morgan fingerprint density at radius 2 is 1.52 bits per heavy atom. The summed E-state index contributed by atoms with van der Waals surface area (Å²) in [5.74, 6) is -0.462. The van der Waals surface area contributed by atoms with Crippen molar-refractivity contribution in [1.82, 2.24) is 4.90 Å². The molecule has 8 rings (SSSR count). The van der Waals surface area contributed by atoms with Crippen LogP contribution in [0.25, 0.3) is 0 Å². The molecule has 0 radical (unpaired) electrons. The van der Waals surface area contributed by atoms with Crippen molar-refractivity contribution in [3.05, 3.63) is 39.9 Å². The molecule has 4 saturated heterocycles. The molecule has 1 aromatic carbocycles. The second kappa shape index (κ2) is 18.9. The van der Waals surface area contributed by atoms with Gasteiger partial charge >= 0.3 is 5.97 Å². The first-order valence-electron chi connectivity index (χ1n) is 22.8. The molecule has 0 spiro atoms. The third kappa shape index (κ3) is 8.95. The first-order valence-corrected chi connectivity index (χ1v) is 23.6. The molecule has 1 aromatic rings. The smallest absolute Gasteiger partial charge is 0.306 e. The molecule has 340 valence electrons. The fraction of sp³-hybridized carbons (Fsp3) is 0.787. The quantitative estimate of drug-likeness (QED) is 0.171. The van der Waals surface area contributed by atoms with E-state index >= 15 is 4.79 Å². The number of ketones is 1. The Kier molecular flexibility index (Phi) is 14.2.